The van der Waals surface area contributed by atoms with E-state index in [0.29, 0.717) is 40.7 Å². The Bertz CT molecular complexity index is 979. The smallest absolute Gasteiger partial charge is 0.293 e. The molecule has 152 valence electrons. The highest BCUT2D eigenvalue weighted by molar-refractivity contribution is 8.18. The number of rotatable bonds is 7. The maximum atomic E-state index is 13.4. The molecule has 0 atom stereocenters. The highest BCUT2D eigenvalue weighted by Gasteiger charge is 2.33. The number of benzene rings is 2. The number of amides is 2. The number of imide groups is 1. The molecule has 0 bridgehead atoms. The van der Waals surface area contributed by atoms with Crippen molar-refractivity contribution in [1.29, 1.82) is 0 Å². The summed E-state index contributed by atoms with van der Waals surface area (Å²) < 4.78 is 24.8. The van der Waals surface area contributed by atoms with Crippen LogP contribution in [-0.2, 0) is 11.4 Å². The van der Waals surface area contributed by atoms with Crippen molar-refractivity contribution in [2.24, 2.45) is 0 Å². The number of carbonyl (C=O) groups is 2. The first-order valence-corrected chi connectivity index (χ1v) is 10.2. The lowest BCUT2D eigenvalue weighted by molar-refractivity contribution is -0.122. The Morgan fingerprint density at radius 3 is 2.62 bits per heavy atom. The van der Waals surface area contributed by atoms with Crippen molar-refractivity contribution in [2.75, 3.05) is 13.2 Å². The lowest BCUT2D eigenvalue weighted by atomic mass is 10.1. The molecule has 29 heavy (non-hydrogen) atoms. The monoisotopic (exact) mass is 435 g/mol. The molecule has 1 fully saturated rings. The lowest BCUT2D eigenvalue weighted by Crippen LogP contribution is -2.27. The fraction of sp³-hybridized carbons (Fsp3) is 0.238. The molecule has 0 spiro atoms. The average Bonchev–Trinajstić information content (AvgIpc) is 2.94. The van der Waals surface area contributed by atoms with Crippen LogP contribution in [0.2, 0.25) is 5.02 Å². The van der Waals surface area contributed by atoms with Crippen molar-refractivity contribution in [3.8, 4) is 11.5 Å². The molecule has 2 aromatic carbocycles. The maximum absolute atomic E-state index is 13.4. The molecule has 2 amide bonds. The molecule has 0 radical (unpaired) electrons. The van der Waals surface area contributed by atoms with Gasteiger partial charge >= 0.3 is 0 Å². The highest BCUT2D eigenvalue weighted by atomic mass is 35.5. The Kier molecular flexibility index (Phi) is 6.82. The Hall–Kier alpha value is -2.51. The van der Waals surface area contributed by atoms with Gasteiger partial charge in [-0.3, -0.25) is 14.5 Å². The molecule has 0 aliphatic carbocycles. The van der Waals surface area contributed by atoms with E-state index < -0.39 is 0 Å². The van der Waals surface area contributed by atoms with Crippen molar-refractivity contribution < 1.29 is 23.5 Å². The molecule has 1 aliphatic heterocycles. The summed E-state index contributed by atoms with van der Waals surface area (Å²) in [5.74, 6) is 0.0515. The summed E-state index contributed by atoms with van der Waals surface area (Å²) in [5.41, 5.74) is 1.26. The number of thioether (sulfide) groups is 1. The van der Waals surface area contributed by atoms with Crippen LogP contribution in [0.25, 0.3) is 6.08 Å². The Labute approximate surface area is 177 Å². The zero-order valence-corrected chi connectivity index (χ0v) is 17.5. The predicted octanol–water partition coefficient (Wildman–Crippen LogP) is 5.51. The zero-order chi connectivity index (χ0) is 21.0. The zero-order valence-electron chi connectivity index (χ0n) is 15.9. The van der Waals surface area contributed by atoms with E-state index in [-0.39, 0.29) is 28.6 Å². The molecular weight excluding hydrogens is 417 g/mol. The summed E-state index contributed by atoms with van der Waals surface area (Å²) in [7, 11) is 0. The van der Waals surface area contributed by atoms with E-state index in [0.717, 1.165) is 11.8 Å². The molecular formula is C21H19ClFNO4S. The van der Waals surface area contributed by atoms with Gasteiger partial charge in [-0.25, -0.2) is 4.39 Å². The summed E-state index contributed by atoms with van der Waals surface area (Å²) >= 11 is 7.28. The molecule has 5 nitrogen and oxygen atoms in total. The third-order valence-corrected chi connectivity index (χ3v) is 5.28. The summed E-state index contributed by atoms with van der Waals surface area (Å²) in [6, 6.07) is 9.41. The summed E-state index contributed by atoms with van der Waals surface area (Å²) in [6.07, 6.45) is 1.60. The van der Waals surface area contributed by atoms with Gasteiger partial charge in [0.05, 0.1) is 16.5 Å². The van der Waals surface area contributed by atoms with Crippen LogP contribution in [0.3, 0.4) is 0 Å². The number of likely N-dealkylation sites (N-methyl/N-ethyl adjacent to an activating group) is 1. The second kappa shape index (κ2) is 9.33. The van der Waals surface area contributed by atoms with Gasteiger partial charge in [-0.2, -0.15) is 0 Å². The van der Waals surface area contributed by atoms with E-state index in [2.05, 4.69) is 0 Å². The van der Waals surface area contributed by atoms with Crippen LogP contribution in [0.4, 0.5) is 9.18 Å². The second-order valence-corrected chi connectivity index (χ2v) is 7.51. The number of carbonyl (C=O) groups excluding carboxylic acids is 2. The topological polar surface area (TPSA) is 55.8 Å². The van der Waals surface area contributed by atoms with Crippen LogP contribution in [0.1, 0.15) is 25.0 Å². The Balaban J connectivity index is 1.87. The standard InChI is InChI=1S/C21H19ClFNO4S/c1-3-24-20(25)18(29-21(24)26)11-14-9-16(22)19(17(10-14)27-4-2)28-12-13-6-5-7-15(23)8-13/h5-11H,3-4,12H2,1-2H3. The molecule has 8 heteroatoms. The van der Waals surface area contributed by atoms with Gasteiger partial charge < -0.3 is 9.47 Å². The van der Waals surface area contributed by atoms with E-state index >= 15 is 0 Å². The molecule has 0 N–H and O–H groups in total. The van der Waals surface area contributed by atoms with E-state index in [9.17, 15) is 14.0 Å². The highest BCUT2D eigenvalue weighted by Crippen LogP contribution is 2.39. The van der Waals surface area contributed by atoms with Crippen LogP contribution < -0.4 is 9.47 Å². The minimum Gasteiger partial charge on any atom is -0.490 e. The van der Waals surface area contributed by atoms with Gasteiger partial charge in [0.2, 0.25) is 0 Å². The minimum atomic E-state index is -0.349. The Morgan fingerprint density at radius 1 is 1.17 bits per heavy atom. The minimum absolute atomic E-state index is 0.117. The summed E-state index contributed by atoms with van der Waals surface area (Å²) in [5, 5.41) is -0.0109. The molecule has 0 aromatic heterocycles. The summed E-state index contributed by atoms with van der Waals surface area (Å²) in [4.78, 5) is 25.7. The predicted molar refractivity (Wildman–Crippen MR) is 112 cm³/mol. The van der Waals surface area contributed by atoms with Crippen molar-refractivity contribution in [3.05, 3.63) is 63.3 Å². The van der Waals surface area contributed by atoms with Gasteiger partial charge in [0, 0.05) is 6.54 Å². The van der Waals surface area contributed by atoms with Gasteiger partial charge in [0.25, 0.3) is 11.1 Å². The summed E-state index contributed by atoms with van der Waals surface area (Å²) in [6.45, 7) is 4.38. The van der Waals surface area contributed by atoms with Crippen molar-refractivity contribution >= 4 is 40.6 Å². The van der Waals surface area contributed by atoms with Crippen LogP contribution in [-0.4, -0.2) is 29.2 Å². The first-order chi connectivity index (χ1) is 13.9. The van der Waals surface area contributed by atoms with E-state index in [1.807, 2.05) is 6.92 Å². The second-order valence-electron chi connectivity index (χ2n) is 6.11. The average molecular weight is 436 g/mol. The van der Waals surface area contributed by atoms with Gasteiger partial charge in [-0.1, -0.05) is 23.7 Å². The number of nitrogens with zero attached hydrogens (tertiary/aromatic N) is 1. The first-order valence-electron chi connectivity index (χ1n) is 9.01. The molecule has 0 saturated carbocycles. The molecule has 3 rings (SSSR count). The molecule has 1 aliphatic rings. The van der Waals surface area contributed by atoms with Crippen LogP contribution in [0, 0.1) is 5.82 Å². The van der Waals surface area contributed by atoms with Crippen molar-refractivity contribution in [1.82, 2.24) is 4.90 Å². The molecule has 2 aromatic rings. The van der Waals surface area contributed by atoms with Gasteiger partial charge in [-0.15, -0.1) is 0 Å². The van der Waals surface area contributed by atoms with Crippen molar-refractivity contribution in [2.45, 2.75) is 20.5 Å². The van der Waals surface area contributed by atoms with Gasteiger partial charge in [0.15, 0.2) is 11.5 Å². The maximum Gasteiger partial charge on any atom is 0.293 e. The van der Waals surface area contributed by atoms with Crippen molar-refractivity contribution in [3.63, 3.8) is 0 Å². The molecule has 0 unspecified atom stereocenters. The van der Waals surface area contributed by atoms with E-state index in [1.54, 1.807) is 37.3 Å². The largest absolute Gasteiger partial charge is 0.490 e. The number of halogens is 2. The first kappa shape index (κ1) is 21.2. The van der Waals surface area contributed by atoms with E-state index in [4.69, 9.17) is 21.1 Å². The fourth-order valence-electron chi connectivity index (χ4n) is 2.78. The Morgan fingerprint density at radius 2 is 1.97 bits per heavy atom. The molecule has 1 heterocycles. The number of hydrogen-bond donors (Lipinski definition) is 0. The van der Waals surface area contributed by atoms with Gasteiger partial charge in [0.1, 0.15) is 12.4 Å². The number of ether oxygens (including phenoxy) is 2. The quantitative estimate of drug-likeness (QED) is 0.536. The van der Waals surface area contributed by atoms with Crippen LogP contribution in [0.15, 0.2) is 41.3 Å². The van der Waals surface area contributed by atoms with E-state index in [1.165, 1.54) is 17.0 Å². The molecule has 1 saturated heterocycles. The number of hydrogen-bond acceptors (Lipinski definition) is 5. The van der Waals surface area contributed by atoms with Crippen LogP contribution in [0.5, 0.6) is 11.5 Å². The van der Waals surface area contributed by atoms with Crippen LogP contribution >= 0.6 is 23.4 Å². The fourth-order valence-corrected chi connectivity index (χ4v) is 3.96. The SMILES string of the molecule is CCOc1cc(C=C2SC(=O)N(CC)C2=O)cc(Cl)c1OCc1cccc(F)c1. The lowest BCUT2D eigenvalue weighted by Gasteiger charge is -2.15. The third kappa shape index (κ3) is 4.92. The normalized spacial score (nSPS) is 15.3. The third-order valence-electron chi connectivity index (χ3n) is 4.09. The van der Waals surface area contributed by atoms with Gasteiger partial charge in [-0.05, 0) is 67.1 Å².